The second-order valence-electron chi connectivity index (χ2n) is 16.8. The highest BCUT2D eigenvalue weighted by atomic mass is 32.2. The summed E-state index contributed by atoms with van der Waals surface area (Å²) in [5.74, 6) is -2.51. The summed E-state index contributed by atoms with van der Waals surface area (Å²) in [5.41, 5.74) is 0.321. The molecule has 2 aliphatic heterocycles. The zero-order valence-corrected chi connectivity index (χ0v) is 33.0. The number of carbonyl (C=O) groups is 4. The van der Waals surface area contributed by atoms with Crippen molar-refractivity contribution in [2.45, 2.75) is 131 Å². The maximum Gasteiger partial charge on any atom is 0.408 e. The van der Waals surface area contributed by atoms with Crippen molar-refractivity contribution in [3.63, 3.8) is 0 Å². The van der Waals surface area contributed by atoms with E-state index in [1.807, 2.05) is 18.2 Å². The van der Waals surface area contributed by atoms with Gasteiger partial charge in [0.25, 0.3) is 5.91 Å². The number of halogens is 1. The van der Waals surface area contributed by atoms with Gasteiger partial charge in [0.1, 0.15) is 46.7 Å². The molecule has 9 rings (SSSR count). The van der Waals surface area contributed by atoms with Gasteiger partial charge in [-0.2, -0.15) is 0 Å². The van der Waals surface area contributed by atoms with Crippen molar-refractivity contribution in [1.82, 2.24) is 25.2 Å². The number of aromatic nitrogens is 1. The van der Waals surface area contributed by atoms with Gasteiger partial charge in [0.2, 0.25) is 21.8 Å². The number of rotatable bonds is 7. The maximum absolute atomic E-state index is 14.8. The number of hydrogen-bond acceptors (Lipinski definition) is 10. The Morgan fingerprint density at radius 2 is 1.66 bits per heavy atom. The summed E-state index contributed by atoms with van der Waals surface area (Å²) in [7, 11) is -3.90. The van der Waals surface area contributed by atoms with Crippen molar-refractivity contribution in [3.05, 3.63) is 48.3 Å². The van der Waals surface area contributed by atoms with Crippen LogP contribution in [0, 0.1) is 11.7 Å². The largest absolute Gasteiger partial charge is 0.484 e. The summed E-state index contributed by atoms with van der Waals surface area (Å²) in [6.07, 6.45) is 7.71. The first-order chi connectivity index (χ1) is 28.0. The summed E-state index contributed by atoms with van der Waals surface area (Å²) in [5, 5.41) is 6.18. The average molecular weight is 818 g/mol. The summed E-state index contributed by atoms with van der Waals surface area (Å²) < 4.78 is 61.6. The fourth-order valence-electron chi connectivity index (χ4n) is 9.20. The molecule has 4 heterocycles. The maximum atomic E-state index is 14.8. The minimum Gasteiger partial charge on any atom is -0.484 e. The van der Waals surface area contributed by atoms with Crippen LogP contribution in [0.2, 0.25) is 0 Å². The number of benzene rings is 2. The van der Waals surface area contributed by atoms with Crippen molar-refractivity contribution in [3.8, 4) is 5.75 Å². The molecule has 0 radical (unpaired) electrons. The predicted octanol–water partition coefficient (Wildman–Crippen LogP) is 5.89. The molecule has 3 aliphatic carbocycles. The third-order valence-corrected chi connectivity index (χ3v) is 14.4. The molecule has 2 saturated heterocycles. The SMILES string of the molecule is O=C(N[C@H]1CCCCCCC[C@H]2C[C@@]2(C(=O)NS(=O)(=O)C2CC2)NC(=O)[C@@H]2C[C@@H](Oc3c4cc(F)ccc4nc4c3oc3ccccc34)CN2C1=O)OC1CCCC1. The van der Waals surface area contributed by atoms with Crippen LogP contribution in [0.1, 0.15) is 96.3 Å². The molecule has 308 valence electrons. The molecule has 2 aromatic carbocycles. The van der Waals surface area contributed by atoms with Crippen LogP contribution in [0.4, 0.5) is 9.18 Å². The van der Waals surface area contributed by atoms with Crippen LogP contribution in [0.25, 0.3) is 33.0 Å². The van der Waals surface area contributed by atoms with E-state index in [2.05, 4.69) is 15.4 Å². The lowest BCUT2D eigenvalue weighted by molar-refractivity contribution is -0.141. The second kappa shape index (κ2) is 15.3. The van der Waals surface area contributed by atoms with Gasteiger partial charge in [0.05, 0.1) is 17.3 Å². The van der Waals surface area contributed by atoms with Crippen LogP contribution < -0.4 is 20.1 Å². The first-order valence-electron chi connectivity index (χ1n) is 20.7. The lowest BCUT2D eigenvalue weighted by atomic mass is 10.0. The van der Waals surface area contributed by atoms with Gasteiger partial charge in [-0.05, 0) is 94.0 Å². The second-order valence-corrected chi connectivity index (χ2v) is 18.7. The van der Waals surface area contributed by atoms with Gasteiger partial charge in [0, 0.05) is 17.2 Å². The molecule has 4 amide bonds. The molecule has 16 heteroatoms. The van der Waals surface area contributed by atoms with E-state index >= 15 is 0 Å². The van der Waals surface area contributed by atoms with Gasteiger partial charge >= 0.3 is 6.09 Å². The average Bonchev–Trinajstić information content (AvgIpc) is 4.01. The Kier molecular flexibility index (Phi) is 10.2. The van der Waals surface area contributed by atoms with Gasteiger partial charge in [0.15, 0.2) is 11.3 Å². The van der Waals surface area contributed by atoms with Crippen LogP contribution in [0.15, 0.2) is 46.9 Å². The van der Waals surface area contributed by atoms with Crippen LogP contribution >= 0.6 is 0 Å². The molecule has 5 fully saturated rings. The number of pyridine rings is 1. The molecule has 5 aliphatic rings. The number of hydrogen-bond donors (Lipinski definition) is 3. The molecule has 0 spiro atoms. The van der Waals surface area contributed by atoms with Gasteiger partial charge < -0.3 is 29.4 Å². The smallest absolute Gasteiger partial charge is 0.408 e. The van der Waals surface area contributed by atoms with Gasteiger partial charge in [-0.3, -0.25) is 19.1 Å². The predicted molar refractivity (Wildman–Crippen MR) is 211 cm³/mol. The number of fused-ring (bicyclic) bond motifs is 6. The van der Waals surface area contributed by atoms with Crippen LogP contribution in [0.5, 0.6) is 5.75 Å². The molecule has 14 nitrogen and oxygen atoms in total. The Morgan fingerprint density at radius 3 is 2.45 bits per heavy atom. The Bertz CT molecular complexity index is 2400. The van der Waals surface area contributed by atoms with E-state index in [4.69, 9.17) is 18.9 Å². The monoisotopic (exact) mass is 817 g/mol. The van der Waals surface area contributed by atoms with Crippen LogP contribution in [-0.4, -0.2) is 83.7 Å². The summed E-state index contributed by atoms with van der Waals surface area (Å²) in [6.45, 7) is -0.0910. The number of carbonyl (C=O) groups excluding carboxylic acids is 4. The lowest BCUT2D eigenvalue weighted by Crippen LogP contribution is -2.58. The van der Waals surface area contributed by atoms with Crippen LogP contribution in [-0.2, 0) is 29.1 Å². The van der Waals surface area contributed by atoms with E-state index in [0.717, 1.165) is 56.8 Å². The fourth-order valence-corrected chi connectivity index (χ4v) is 10.6. The highest BCUT2D eigenvalue weighted by Gasteiger charge is 2.62. The lowest BCUT2D eigenvalue weighted by Gasteiger charge is -2.30. The number of para-hydroxylation sites is 1. The van der Waals surface area contributed by atoms with E-state index < -0.39 is 68.6 Å². The highest BCUT2D eigenvalue weighted by molar-refractivity contribution is 7.91. The molecular weight excluding hydrogens is 770 g/mol. The summed E-state index contributed by atoms with van der Waals surface area (Å²) >= 11 is 0. The van der Waals surface area contributed by atoms with Crippen molar-refractivity contribution in [1.29, 1.82) is 0 Å². The van der Waals surface area contributed by atoms with E-state index in [9.17, 15) is 32.0 Å². The van der Waals surface area contributed by atoms with Crippen molar-refractivity contribution in [2.75, 3.05) is 6.54 Å². The Morgan fingerprint density at radius 1 is 0.914 bits per heavy atom. The molecule has 2 aromatic heterocycles. The first-order valence-corrected chi connectivity index (χ1v) is 22.3. The van der Waals surface area contributed by atoms with Gasteiger partial charge in [-0.1, -0.05) is 44.2 Å². The van der Waals surface area contributed by atoms with Crippen LogP contribution in [0.3, 0.4) is 0 Å². The quantitative estimate of drug-likeness (QED) is 0.203. The topological polar surface area (TPSA) is 186 Å². The van der Waals surface area contributed by atoms with Crippen molar-refractivity contribution >= 4 is 66.8 Å². The van der Waals surface area contributed by atoms with Gasteiger partial charge in [-0.15, -0.1) is 0 Å². The molecule has 3 N–H and O–H groups in total. The molecule has 58 heavy (non-hydrogen) atoms. The van der Waals surface area contributed by atoms with E-state index in [1.54, 1.807) is 12.1 Å². The number of furan rings is 1. The van der Waals surface area contributed by atoms with Gasteiger partial charge in [-0.25, -0.2) is 22.6 Å². The number of nitrogens with zero attached hydrogens (tertiary/aromatic N) is 2. The third-order valence-electron chi connectivity index (χ3n) is 12.6. The zero-order valence-electron chi connectivity index (χ0n) is 32.2. The number of alkyl carbamates (subject to hydrolysis) is 1. The molecule has 3 saturated carbocycles. The standard InChI is InChI=1S/C42H48FN5O9S/c43-25-16-19-31-30(20-25)36(37-35(44-31)29-13-8-9-15-34(29)57-37)55-27-21-33-38(49)46-42(40(51)47-58(53,54)28-17-18-28)22-24(42)10-4-2-1-3-5-14-32(39(50)48(33)23-27)45-41(52)56-26-11-6-7-12-26/h8-9,13,15-16,19-20,24,26-28,32-33H,1-7,10-12,14,17-18,21-23H2,(H,45,52)(H,46,49)(H,47,51)/t24-,27+,32-,33-,42+/m0/s1. The molecular formula is C42H48FN5O9S. The summed E-state index contributed by atoms with van der Waals surface area (Å²) in [4.78, 5) is 62.6. The molecule has 0 bridgehead atoms. The minimum atomic E-state index is -3.90. The number of ether oxygens (including phenoxy) is 2. The first kappa shape index (κ1) is 38.5. The normalized spacial score (nSPS) is 27.4. The van der Waals surface area contributed by atoms with E-state index in [1.165, 1.54) is 17.0 Å². The van der Waals surface area contributed by atoms with E-state index in [0.29, 0.717) is 54.1 Å². The highest BCUT2D eigenvalue weighted by Crippen LogP contribution is 2.48. The van der Waals surface area contributed by atoms with E-state index in [-0.39, 0.29) is 42.7 Å². The summed E-state index contributed by atoms with van der Waals surface area (Å²) in [6, 6.07) is 9.31. The Hall–Kier alpha value is -4.99. The fraction of sp³-hybridized carbons (Fsp3) is 0.548. The van der Waals surface area contributed by atoms with Crippen molar-refractivity contribution in [2.24, 2.45) is 5.92 Å². The molecule has 4 aromatic rings. The van der Waals surface area contributed by atoms with Crippen molar-refractivity contribution < 1.29 is 45.9 Å². The molecule has 5 atom stereocenters. The number of nitrogens with one attached hydrogen (secondary N) is 3. The number of sulfonamides is 1. The Labute approximate surface area is 335 Å². The number of amides is 4. The minimum absolute atomic E-state index is 0.0274. The Balaban J connectivity index is 1.06. The third kappa shape index (κ3) is 7.55. The zero-order chi connectivity index (χ0) is 40.2. The molecule has 0 unspecified atom stereocenters.